The second-order valence-corrected chi connectivity index (χ2v) is 7.31. The van der Waals surface area contributed by atoms with E-state index in [1.54, 1.807) is 6.08 Å². The maximum atomic E-state index is 11.6. The molecule has 21 heavy (non-hydrogen) atoms. The van der Waals surface area contributed by atoms with Crippen molar-refractivity contribution in [2.75, 3.05) is 20.1 Å². The molecule has 0 aromatic carbocycles. The van der Waals surface area contributed by atoms with Crippen LogP contribution in [0, 0.1) is 0 Å². The normalized spacial score (nSPS) is 35.3. The lowest BCUT2D eigenvalue weighted by molar-refractivity contribution is -0.0493. The standard InChI is InChI=1S/C13H20N4O3S/c1-13(20-9-5-7-17(2)8-9)6-3-4-10-11(13)12(14)16-21(18,19)15-10/h3-4,9,15H,5-8H2,1-2H3,(H2,14,16)/t9-,13?/m1/s1. The smallest absolute Gasteiger partial charge is 0.344 e. The third-order valence-electron chi connectivity index (χ3n) is 4.08. The first-order valence-electron chi connectivity index (χ1n) is 6.95. The van der Waals surface area contributed by atoms with Gasteiger partial charge in [0.05, 0.1) is 23.0 Å². The molecule has 2 heterocycles. The van der Waals surface area contributed by atoms with Crippen molar-refractivity contribution in [2.45, 2.75) is 31.5 Å². The van der Waals surface area contributed by atoms with E-state index in [2.05, 4.69) is 21.1 Å². The van der Waals surface area contributed by atoms with Crippen LogP contribution in [0.15, 0.2) is 27.8 Å². The third-order valence-corrected chi connectivity index (χ3v) is 4.99. The number of rotatable bonds is 2. The summed E-state index contributed by atoms with van der Waals surface area (Å²) in [5.74, 6) is 0.0157. The minimum Gasteiger partial charge on any atom is -0.383 e. The van der Waals surface area contributed by atoms with E-state index in [1.807, 2.05) is 13.0 Å². The van der Waals surface area contributed by atoms with E-state index in [4.69, 9.17) is 10.5 Å². The van der Waals surface area contributed by atoms with Gasteiger partial charge in [0, 0.05) is 13.1 Å². The van der Waals surface area contributed by atoms with E-state index in [0.717, 1.165) is 19.5 Å². The van der Waals surface area contributed by atoms with Crippen LogP contribution in [0.4, 0.5) is 0 Å². The molecule has 0 radical (unpaired) electrons. The molecule has 0 saturated carbocycles. The Hall–Kier alpha value is -1.38. The highest BCUT2D eigenvalue weighted by Crippen LogP contribution is 2.36. The second-order valence-electron chi connectivity index (χ2n) is 5.97. The molecule has 0 aromatic heterocycles. The van der Waals surface area contributed by atoms with Crippen LogP contribution >= 0.6 is 0 Å². The molecule has 1 saturated heterocycles. The molecule has 0 spiro atoms. The van der Waals surface area contributed by atoms with Gasteiger partial charge in [0.2, 0.25) is 0 Å². The van der Waals surface area contributed by atoms with Crippen LogP contribution in [-0.2, 0) is 14.9 Å². The first kappa shape index (κ1) is 14.6. The number of amidine groups is 1. The summed E-state index contributed by atoms with van der Waals surface area (Å²) in [5, 5.41) is 0. The van der Waals surface area contributed by atoms with Gasteiger partial charge in [-0.05, 0) is 32.9 Å². The average Bonchev–Trinajstić information content (AvgIpc) is 2.71. The highest BCUT2D eigenvalue weighted by Gasteiger charge is 2.41. The zero-order valence-electron chi connectivity index (χ0n) is 12.2. The molecule has 116 valence electrons. The van der Waals surface area contributed by atoms with E-state index >= 15 is 0 Å². The molecule has 3 N–H and O–H groups in total. The molecule has 2 aliphatic heterocycles. The van der Waals surface area contributed by atoms with Gasteiger partial charge in [-0.25, -0.2) is 0 Å². The molecule has 7 nitrogen and oxygen atoms in total. The minimum atomic E-state index is -3.75. The molecule has 2 atom stereocenters. The van der Waals surface area contributed by atoms with E-state index in [1.165, 1.54) is 0 Å². The van der Waals surface area contributed by atoms with Crippen LogP contribution in [0.25, 0.3) is 0 Å². The summed E-state index contributed by atoms with van der Waals surface area (Å²) in [6, 6.07) is 0. The van der Waals surface area contributed by atoms with Gasteiger partial charge in [-0.3, -0.25) is 4.72 Å². The number of hydrogen-bond acceptors (Lipinski definition) is 5. The SMILES string of the molecule is CN1CC[C@@H](OC2(C)CC=CC3=C2C(N)=NS(=O)(=O)N3)C1. The lowest BCUT2D eigenvalue weighted by Crippen LogP contribution is -2.47. The maximum absolute atomic E-state index is 11.6. The Balaban J connectivity index is 1.92. The highest BCUT2D eigenvalue weighted by molar-refractivity contribution is 7.88. The topological polar surface area (TPSA) is 97.0 Å². The van der Waals surface area contributed by atoms with Gasteiger partial charge in [-0.2, -0.15) is 8.42 Å². The molecule has 1 aliphatic carbocycles. The number of ether oxygens (including phenoxy) is 1. The molecule has 0 aromatic rings. The first-order chi connectivity index (χ1) is 9.79. The zero-order valence-corrected chi connectivity index (χ0v) is 13.0. The monoisotopic (exact) mass is 312 g/mol. The van der Waals surface area contributed by atoms with Crippen LogP contribution in [0.3, 0.4) is 0 Å². The fourth-order valence-electron chi connectivity index (χ4n) is 3.17. The van der Waals surface area contributed by atoms with Crippen molar-refractivity contribution in [1.29, 1.82) is 0 Å². The summed E-state index contributed by atoms with van der Waals surface area (Å²) in [7, 11) is -1.69. The van der Waals surface area contributed by atoms with E-state index in [9.17, 15) is 8.42 Å². The lowest BCUT2D eigenvalue weighted by atomic mass is 9.85. The Labute approximate surface area is 124 Å². The number of hydrogen-bond donors (Lipinski definition) is 2. The van der Waals surface area contributed by atoms with Crippen LogP contribution in [0.1, 0.15) is 19.8 Å². The number of nitrogens with two attached hydrogens (primary N) is 1. The number of likely N-dealkylation sites (tertiary alicyclic amines) is 1. The molecule has 3 aliphatic rings. The number of likely N-dealkylation sites (N-methyl/N-ethyl adjacent to an activating group) is 1. The van der Waals surface area contributed by atoms with Gasteiger partial charge >= 0.3 is 10.2 Å². The molecule has 1 fully saturated rings. The summed E-state index contributed by atoms with van der Waals surface area (Å²) in [6.07, 6.45) is 5.34. The van der Waals surface area contributed by atoms with Gasteiger partial charge in [0.25, 0.3) is 0 Å². The predicted molar refractivity (Wildman–Crippen MR) is 79.9 cm³/mol. The van der Waals surface area contributed by atoms with Gasteiger partial charge in [-0.15, -0.1) is 4.40 Å². The Morgan fingerprint density at radius 1 is 1.57 bits per heavy atom. The Morgan fingerprint density at radius 2 is 2.33 bits per heavy atom. The third kappa shape index (κ3) is 2.70. The van der Waals surface area contributed by atoms with E-state index in [0.29, 0.717) is 17.7 Å². The van der Waals surface area contributed by atoms with E-state index < -0.39 is 15.8 Å². The predicted octanol–water partition coefficient (Wildman–Crippen LogP) is -0.115. The van der Waals surface area contributed by atoms with Crippen LogP contribution in [0.5, 0.6) is 0 Å². The minimum absolute atomic E-state index is 0.0157. The number of nitrogens with zero attached hydrogens (tertiary/aromatic N) is 2. The van der Waals surface area contributed by atoms with Crippen molar-refractivity contribution >= 4 is 16.0 Å². The molecule has 1 unspecified atom stereocenters. The molecular formula is C13H20N4O3S. The summed E-state index contributed by atoms with van der Waals surface area (Å²) >= 11 is 0. The fraction of sp³-hybridized carbons (Fsp3) is 0.615. The molecular weight excluding hydrogens is 292 g/mol. The van der Waals surface area contributed by atoms with Crippen molar-refractivity contribution in [3.63, 3.8) is 0 Å². The number of nitrogens with one attached hydrogen (secondary N) is 1. The summed E-state index contributed by atoms with van der Waals surface area (Å²) in [4.78, 5) is 2.21. The number of allylic oxidation sites excluding steroid dienone is 1. The maximum Gasteiger partial charge on any atom is 0.344 e. The largest absolute Gasteiger partial charge is 0.383 e. The fourth-order valence-corrected chi connectivity index (χ4v) is 4.01. The quantitative estimate of drug-likeness (QED) is 0.741. The van der Waals surface area contributed by atoms with Gasteiger partial charge in [0.1, 0.15) is 5.84 Å². The molecule has 0 bridgehead atoms. The van der Waals surface area contributed by atoms with Crippen molar-refractivity contribution in [3.8, 4) is 0 Å². The molecule has 0 amide bonds. The second kappa shape index (κ2) is 4.82. The highest BCUT2D eigenvalue weighted by atomic mass is 32.2. The van der Waals surface area contributed by atoms with Crippen molar-refractivity contribution in [1.82, 2.24) is 9.62 Å². The van der Waals surface area contributed by atoms with Crippen LogP contribution in [-0.4, -0.2) is 51.0 Å². The van der Waals surface area contributed by atoms with Crippen LogP contribution in [0.2, 0.25) is 0 Å². The molecule has 3 rings (SSSR count). The van der Waals surface area contributed by atoms with Gasteiger partial charge < -0.3 is 15.4 Å². The Kier molecular flexibility index (Phi) is 3.34. The molecule has 8 heteroatoms. The Bertz CT molecular complexity index is 652. The van der Waals surface area contributed by atoms with Gasteiger partial charge in [-0.1, -0.05) is 6.08 Å². The van der Waals surface area contributed by atoms with Crippen molar-refractivity contribution in [2.24, 2.45) is 10.1 Å². The summed E-state index contributed by atoms with van der Waals surface area (Å²) in [6.45, 7) is 3.80. The van der Waals surface area contributed by atoms with E-state index in [-0.39, 0.29) is 11.9 Å². The summed E-state index contributed by atoms with van der Waals surface area (Å²) < 4.78 is 35.5. The average molecular weight is 312 g/mol. The lowest BCUT2D eigenvalue weighted by Gasteiger charge is -2.38. The van der Waals surface area contributed by atoms with Gasteiger partial charge in [0.15, 0.2) is 0 Å². The zero-order chi connectivity index (χ0) is 15.3. The Morgan fingerprint density at radius 3 is 3.00 bits per heavy atom. The first-order valence-corrected chi connectivity index (χ1v) is 8.39. The van der Waals surface area contributed by atoms with Crippen molar-refractivity contribution < 1.29 is 13.2 Å². The van der Waals surface area contributed by atoms with Crippen molar-refractivity contribution in [3.05, 3.63) is 23.4 Å². The van der Waals surface area contributed by atoms with Crippen LogP contribution < -0.4 is 10.5 Å². The summed E-state index contributed by atoms with van der Waals surface area (Å²) in [5.41, 5.74) is 6.33.